The van der Waals surface area contributed by atoms with Gasteiger partial charge in [0.05, 0.1) is 11.1 Å². The Labute approximate surface area is 119 Å². The smallest absolute Gasteiger partial charge is 0.146 e. The second-order valence-corrected chi connectivity index (χ2v) is 4.67. The second kappa shape index (κ2) is 6.26. The summed E-state index contributed by atoms with van der Waals surface area (Å²) in [6.07, 6.45) is -0.133. The Morgan fingerprint density at radius 1 is 1.05 bits per heavy atom. The molecular weight excluding hydrogens is 289 g/mol. The highest BCUT2D eigenvalue weighted by Crippen LogP contribution is 2.27. The van der Waals surface area contributed by atoms with Gasteiger partial charge < -0.3 is 0 Å². The molecule has 2 rings (SSSR count). The molecule has 2 aromatic carbocycles. The number of hydrazine groups is 1. The minimum atomic E-state index is -0.792. The number of halogens is 4. The predicted octanol–water partition coefficient (Wildman–Crippen LogP) is 3.50. The maximum absolute atomic E-state index is 13.9. The van der Waals surface area contributed by atoms with Gasteiger partial charge in [0.2, 0.25) is 0 Å². The molecule has 1 atom stereocenters. The van der Waals surface area contributed by atoms with E-state index in [1.807, 2.05) is 0 Å². The van der Waals surface area contributed by atoms with E-state index in [9.17, 15) is 13.2 Å². The van der Waals surface area contributed by atoms with E-state index in [0.717, 1.165) is 12.1 Å². The third kappa shape index (κ3) is 2.95. The Morgan fingerprint density at radius 3 is 2.25 bits per heavy atom. The van der Waals surface area contributed by atoms with Crippen LogP contribution >= 0.6 is 11.6 Å². The zero-order valence-electron chi connectivity index (χ0n) is 10.3. The van der Waals surface area contributed by atoms with Crippen LogP contribution in [0.3, 0.4) is 0 Å². The van der Waals surface area contributed by atoms with Crippen molar-refractivity contribution in [3.05, 3.63) is 70.0 Å². The van der Waals surface area contributed by atoms with Crippen molar-refractivity contribution in [2.75, 3.05) is 0 Å². The summed E-state index contributed by atoms with van der Waals surface area (Å²) in [5, 5.41) is -0.0724. The number of benzene rings is 2. The molecule has 0 aliphatic rings. The van der Waals surface area contributed by atoms with Gasteiger partial charge in [0, 0.05) is 11.1 Å². The van der Waals surface area contributed by atoms with Crippen molar-refractivity contribution in [1.29, 1.82) is 0 Å². The van der Waals surface area contributed by atoms with Gasteiger partial charge in [-0.2, -0.15) is 0 Å². The minimum absolute atomic E-state index is 0.0724. The largest absolute Gasteiger partial charge is 0.271 e. The summed E-state index contributed by atoms with van der Waals surface area (Å²) in [5.41, 5.74) is 2.36. The van der Waals surface area contributed by atoms with Crippen molar-refractivity contribution < 1.29 is 13.2 Å². The quantitative estimate of drug-likeness (QED) is 0.670. The molecule has 0 radical (unpaired) electrons. The highest BCUT2D eigenvalue weighted by molar-refractivity contribution is 6.30. The van der Waals surface area contributed by atoms with E-state index in [-0.39, 0.29) is 22.6 Å². The molecule has 2 aromatic rings. The van der Waals surface area contributed by atoms with E-state index < -0.39 is 23.5 Å². The molecule has 0 aliphatic carbocycles. The second-order valence-electron chi connectivity index (χ2n) is 4.27. The zero-order chi connectivity index (χ0) is 14.7. The van der Waals surface area contributed by atoms with Crippen LogP contribution in [0.25, 0.3) is 0 Å². The molecule has 20 heavy (non-hydrogen) atoms. The van der Waals surface area contributed by atoms with Crippen LogP contribution in [0.4, 0.5) is 13.2 Å². The number of nitrogens with two attached hydrogens (primary N) is 1. The molecule has 0 amide bonds. The lowest BCUT2D eigenvalue weighted by molar-refractivity contribution is 0.481. The van der Waals surface area contributed by atoms with Crippen molar-refractivity contribution in [1.82, 2.24) is 5.43 Å². The Morgan fingerprint density at radius 2 is 1.65 bits per heavy atom. The van der Waals surface area contributed by atoms with Crippen molar-refractivity contribution in [3.63, 3.8) is 0 Å². The van der Waals surface area contributed by atoms with Gasteiger partial charge in [0.15, 0.2) is 0 Å². The molecule has 0 saturated carbocycles. The van der Waals surface area contributed by atoms with Gasteiger partial charge in [-0.05, 0) is 24.6 Å². The van der Waals surface area contributed by atoms with Crippen molar-refractivity contribution in [2.45, 2.75) is 12.5 Å². The van der Waals surface area contributed by atoms with Gasteiger partial charge in [-0.25, -0.2) is 13.2 Å². The van der Waals surface area contributed by atoms with Gasteiger partial charge in [0.25, 0.3) is 0 Å². The van der Waals surface area contributed by atoms with Crippen molar-refractivity contribution in [3.8, 4) is 0 Å². The molecule has 0 saturated heterocycles. The lowest BCUT2D eigenvalue weighted by Crippen LogP contribution is -2.30. The maximum atomic E-state index is 13.9. The summed E-state index contributed by atoms with van der Waals surface area (Å²) >= 11 is 5.69. The van der Waals surface area contributed by atoms with Crippen LogP contribution in [0.5, 0.6) is 0 Å². The summed E-state index contributed by atoms with van der Waals surface area (Å²) in [6.45, 7) is 0. The van der Waals surface area contributed by atoms with Crippen molar-refractivity contribution >= 4 is 11.6 Å². The monoisotopic (exact) mass is 300 g/mol. The van der Waals surface area contributed by atoms with Gasteiger partial charge >= 0.3 is 0 Å². The normalized spacial score (nSPS) is 12.4. The maximum Gasteiger partial charge on any atom is 0.146 e. The van der Waals surface area contributed by atoms with E-state index in [4.69, 9.17) is 17.4 Å². The first-order valence-corrected chi connectivity index (χ1v) is 6.25. The molecule has 6 heteroatoms. The number of hydrogen-bond donors (Lipinski definition) is 2. The highest BCUT2D eigenvalue weighted by atomic mass is 35.5. The average Bonchev–Trinajstić information content (AvgIpc) is 2.42. The molecule has 3 N–H and O–H groups in total. The molecule has 0 spiro atoms. The molecule has 1 unspecified atom stereocenters. The molecule has 0 bridgehead atoms. The molecular formula is C14H12ClF3N2. The van der Waals surface area contributed by atoms with Crippen LogP contribution in [0.15, 0.2) is 36.4 Å². The van der Waals surface area contributed by atoms with Gasteiger partial charge in [-0.3, -0.25) is 11.3 Å². The Kier molecular flexibility index (Phi) is 4.65. The first-order valence-electron chi connectivity index (χ1n) is 5.87. The first-order chi connectivity index (χ1) is 9.54. The average molecular weight is 301 g/mol. The Hall–Kier alpha value is -1.56. The fourth-order valence-electron chi connectivity index (χ4n) is 1.98. The van der Waals surface area contributed by atoms with Crippen LogP contribution in [0.2, 0.25) is 5.02 Å². The standard InChI is InChI=1S/C14H12ClF3N2/c15-10-4-1-3-8(14(10)18)13(20-19)7-9-11(16)5-2-6-12(9)17/h1-6,13,20H,7,19H2. The SMILES string of the molecule is NNC(Cc1c(F)cccc1F)c1cccc(Cl)c1F. The molecule has 106 valence electrons. The zero-order valence-corrected chi connectivity index (χ0v) is 11.1. The summed E-state index contributed by atoms with van der Waals surface area (Å²) in [4.78, 5) is 0. The number of hydrogen-bond acceptors (Lipinski definition) is 2. The summed E-state index contributed by atoms with van der Waals surface area (Å²) < 4.78 is 41.2. The van der Waals surface area contributed by atoms with E-state index >= 15 is 0 Å². The Balaban J connectivity index is 2.37. The molecule has 0 heterocycles. The number of nitrogens with one attached hydrogen (secondary N) is 1. The third-order valence-corrected chi connectivity index (χ3v) is 3.32. The van der Waals surface area contributed by atoms with Crippen molar-refractivity contribution in [2.24, 2.45) is 5.84 Å². The first kappa shape index (κ1) is 14.8. The van der Waals surface area contributed by atoms with Gasteiger partial charge in [-0.1, -0.05) is 29.8 Å². The minimum Gasteiger partial charge on any atom is -0.271 e. The fraction of sp³-hybridized carbons (Fsp3) is 0.143. The van der Waals surface area contributed by atoms with E-state index in [0.29, 0.717) is 0 Å². The third-order valence-electron chi connectivity index (χ3n) is 3.03. The number of rotatable bonds is 4. The van der Waals surface area contributed by atoms with Crippen LogP contribution in [-0.2, 0) is 6.42 Å². The lowest BCUT2D eigenvalue weighted by Gasteiger charge is -2.18. The highest BCUT2D eigenvalue weighted by Gasteiger charge is 2.20. The van der Waals surface area contributed by atoms with Gasteiger partial charge in [0.1, 0.15) is 17.5 Å². The molecule has 0 aromatic heterocycles. The topological polar surface area (TPSA) is 38.0 Å². The molecule has 2 nitrogen and oxygen atoms in total. The predicted molar refractivity (Wildman–Crippen MR) is 71.5 cm³/mol. The molecule has 0 fully saturated rings. The lowest BCUT2D eigenvalue weighted by atomic mass is 9.98. The van der Waals surface area contributed by atoms with E-state index in [1.165, 1.54) is 18.2 Å². The van der Waals surface area contributed by atoms with E-state index in [2.05, 4.69) is 5.43 Å². The van der Waals surface area contributed by atoms with Crippen LogP contribution in [-0.4, -0.2) is 0 Å². The summed E-state index contributed by atoms with van der Waals surface area (Å²) in [6, 6.07) is 7.14. The molecule has 0 aliphatic heterocycles. The van der Waals surface area contributed by atoms with E-state index in [1.54, 1.807) is 6.07 Å². The van der Waals surface area contributed by atoms with Gasteiger partial charge in [-0.15, -0.1) is 0 Å². The van der Waals surface area contributed by atoms with Crippen LogP contribution in [0.1, 0.15) is 17.2 Å². The van der Waals surface area contributed by atoms with Crippen LogP contribution in [0, 0.1) is 17.5 Å². The van der Waals surface area contributed by atoms with Crippen LogP contribution < -0.4 is 11.3 Å². The Bertz CT molecular complexity index is 599. The summed E-state index contributed by atoms with van der Waals surface area (Å²) in [5.74, 6) is 3.31. The fourth-order valence-corrected chi connectivity index (χ4v) is 2.16. The summed E-state index contributed by atoms with van der Waals surface area (Å²) in [7, 11) is 0.